The van der Waals surface area contributed by atoms with Gasteiger partial charge in [0.1, 0.15) is 12.7 Å². The molecule has 0 aromatic heterocycles. The van der Waals surface area contributed by atoms with Crippen molar-refractivity contribution in [1.29, 1.82) is 0 Å². The first-order valence-electron chi connectivity index (χ1n) is 7.93. The van der Waals surface area contributed by atoms with Crippen LogP contribution in [0.2, 0.25) is 0 Å². The highest BCUT2D eigenvalue weighted by Gasteiger charge is 2.65. The molecule has 11 heteroatoms. The first-order chi connectivity index (χ1) is 12.4. The molecule has 1 rings (SSSR count). The quantitative estimate of drug-likeness (QED) is 0.440. The fraction of sp³-hybridized carbons (Fsp3) is 0.688. The lowest BCUT2D eigenvalue weighted by Gasteiger charge is -2.49. The van der Waals surface area contributed by atoms with E-state index in [-0.39, 0.29) is 0 Å². The van der Waals surface area contributed by atoms with Crippen molar-refractivity contribution >= 4 is 29.7 Å². The Morgan fingerprint density at radius 1 is 0.889 bits per heavy atom. The second-order valence-corrected chi connectivity index (χ2v) is 5.86. The van der Waals surface area contributed by atoms with Gasteiger partial charge in [0.15, 0.2) is 24.3 Å². The Labute approximate surface area is 154 Å². The molecule has 1 aliphatic rings. The first-order valence-corrected chi connectivity index (χ1v) is 7.93. The van der Waals surface area contributed by atoms with E-state index in [1.807, 2.05) is 0 Å². The molecule has 27 heavy (non-hydrogen) atoms. The maximum absolute atomic E-state index is 12.5. The minimum atomic E-state index is -2.33. The van der Waals surface area contributed by atoms with Gasteiger partial charge >= 0.3 is 23.9 Å². The van der Waals surface area contributed by atoms with Crippen molar-refractivity contribution in [2.45, 2.75) is 64.8 Å². The Hall–Kier alpha value is -2.53. The van der Waals surface area contributed by atoms with E-state index < -0.39 is 66.5 Å². The number of Topliss-reactive ketones (excluding diaryl/α,β-unsaturated/α-hetero) is 1. The topological polar surface area (TPSA) is 152 Å². The Morgan fingerprint density at radius 3 is 1.85 bits per heavy atom. The van der Waals surface area contributed by atoms with Crippen LogP contribution in [-0.4, -0.2) is 71.6 Å². The van der Waals surface area contributed by atoms with E-state index in [4.69, 9.17) is 23.7 Å². The van der Waals surface area contributed by atoms with Crippen LogP contribution in [0.25, 0.3) is 0 Å². The molecule has 0 radical (unpaired) electrons. The molecule has 1 fully saturated rings. The van der Waals surface area contributed by atoms with Crippen LogP contribution in [0.3, 0.4) is 0 Å². The van der Waals surface area contributed by atoms with Crippen LogP contribution in [0.5, 0.6) is 0 Å². The van der Waals surface area contributed by atoms with E-state index in [1.54, 1.807) is 0 Å². The second kappa shape index (κ2) is 8.91. The number of aliphatic hydroxyl groups is 1. The number of rotatable bonds is 6. The van der Waals surface area contributed by atoms with Gasteiger partial charge in [-0.3, -0.25) is 24.0 Å². The molecule has 0 saturated carbocycles. The predicted octanol–water partition coefficient (Wildman–Crippen LogP) is -0.979. The van der Waals surface area contributed by atoms with Gasteiger partial charge < -0.3 is 28.8 Å². The Kier molecular flexibility index (Phi) is 7.43. The van der Waals surface area contributed by atoms with Crippen molar-refractivity contribution in [3.63, 3.8) is 0 Å². The van der Waals surface area contributed by atoms with Crippen LogP contribution in [0.4, 0.5) is 0 Å². The van der Waals surface area contributed by atoms with Gasteiger partial charge in [-0.1, -0.05) is 0 Å². The molecule has 1 N–H and O–H groups in total. The van der Waals surface area contributed by atoms with Gasteiger partial charge in [-0.25, -0.2) is 0 Å². The van der Waals surface area contributed by atoms with Gasteiger partial charge in [0.25, 0.3) is 0 Å². The largest absolute Gasteiger partial charge is 0.463 e. The second-order valence-electron chi connectivity index (χ2n) is 5.86. The summed E-state index contributed by atoms with van der Waals surface area (Å²) in [5.41, 5.74) is -2.33. The zero-order valence-electron chi connectivity index (χ0n) is 15.5. The van der Waals surface area contributed by atoms with Gasteiger partial charge in [0, 0.05) is 27.7 Å². The Balaban J connectivity index is 3.54. The smallest absolute Gasteiger partial charge is 0.303 e. The van der Waals surface area contributed by atoms with Crippen LogP contribution in [-0.2, 0) is 47.7 Å². The van der Waals surface area contributed by atoms with Gasteiger partial charge in [0.2, 0.25) is 5.60 Å². The summed E-state index contributed by atoms with van der Waals surface area (Å²) in [7, 11) is 0. The SMILES string of the molecule is CC(=O)OC[C@H]1O[C@H](O)[C@H](OC(C)=O)[C@@H](OC(C)=O)[C@]1(OC(C)=O)C(C)=O. The van der Waals surface area contributed by atoms with Gasteiger partial charge in [-0.05, 0) is 6.92 Å². The normalized spacial score (nSPS) is 30.0. The van der Waals surface area contributed by atoms with E-state index in [0.717, 1.165) is 34.6 Å². The van der Waals surface area contributed by atoms with Crippen molar-refractivity contribution in [1.82, 2.24) is 0 Å². The highest BCUT2D eigenvalue weighted by molar-refractivity contribution is 5.90. The average Bonchev–Trinajstić information content (AvgIpc) is 2.50. The summed E-state index contributed by atoms with van der Waals surface area (Å²) in [4.78, 5) is 58.4. The summed E-state index contributed by atoms with van der Waals surface area (Å²) in [6, 6.07) is 0. The Morgan fingerprint density at radius 2 is 1.44 bits per heavy atom. The monoisotopic (exact) mass is 390 g/mol. The molecule has 11 nitrogen and oxygen atoms in total. The molecule has 0 aromatic carbocycles. The predicted molar refractivity (Wildman–Crippen MR) is 83.8 cm³/mol. The highest BCUT2D eigenvalue weighted by Crippen LogP contribution is 2.37. The van der Waals surface area contributed by atoms with Crippen LogP contribution < -0.4 is 0 Å². The van der Waals surface area contributed by atoms with Crippen molar-refractivity contribution in [2.75, 3.05) is 6.61 Å². The van der Waals surface area contributed by atoms with Crippen LogP contribution >= 0.6 is 0 Å². The average molecular weight is 390 g/mol. The fourth-order valence-electron chi connectivity index (χ4n) is 2.79. The summed E-state index contributed by atoms with van der Waals surface area (Å²) >= 11 is 0. The van der Waals surface area contributed by atoms with Crippen LogP contribution in [0, 0.1) is 0 Å². The number of ketones is 1. The minimum absolute atomic E-state index is 0.607. The molecule has 0 aromatic rings. The van der Waals surface area contributed by atoms with Crippen LogP contribution in [0.1, 0.15) is 34.6 Å². The van der Waals surface area contributed by atoms with Crippen molar-refractivity contribution < 1.29 is 52.8 Å². The number of esters is 4. The third-order valence-corrected chi connectivity index (χ3v) is 3.68. The number of carbonyl (C=O) groups is 5. The lowest BCUT2D eigenvalue weighted by Crippen LogP contribution is -2.73. The van der Waals surface area contributed by atoms with Gasteiger partial charge in [-0.2, -0.15) is 0 Å². The maximum atomic E-state index is 12.5. The minimum Gasteiger partial charge on any atom is -0.463 e. The molecule has 0 bridgehead atoms. The van der Waals surface area contributed by atoms with E-state index in [0.29, 0.717) is 0 Å². The summed E-state index contributed by atoms with van der Waals surface area (Å²) in [5.74, 6) is -4.31. The number of aliphatic hydroxyl groups excluding tert-OH is 1. The molecule has 0 spiro atoms. The van der Waals surface area contributed by atoms with Crippen molar-refractivity contribution in [3.05, 3.63) is 0 Å². The summed E-state index contributed by atoms with van der Waals surface area (Å²) in [6.45, 7) is 4.52. The van der Waals surface area contributed by atoms with E-state index in [2.05, 4.69) is 0 Å². The lowest BCUT2D eigenvalue weighted by molar-refractivity contribution is -0.317. The molecule has 0 amide bonds. The maximum Gasteiger partial charge on any atom is 0.303 e. The first kappa shape index (κ1) is 22.5. The number of carbonyl (C=O) groups excluding carboxylic acids is 5. The number of hydrogen-bond acceptors (Lipinski definition) is 11. The molecule has 1 saturated heterocycles. The summed E-state index contributed by atoms with van der Waals surface area (Å²) in [6.07, 6.45) is -6.82. The molecule has 1 heterocycles. The molecule has 152 valence electrons. The third-order valence-electron chi connectivity index (χ3n) is 3.68. The zero-order chi connectivity index (χ0) is 20.9. The van der Waals surface area contributed by atoms with E-state index >= 15 is 0 Å². The molecular weight excluding hydrogens is 368 g/mol. The molecule has 0 unspecified atom stereocenters. The molecule has 0 aliphatic carbocycles. The fourth-order valence-corrected chi connectivity index (χ4v) is 2.79. The van der Waals surface area contributed by atoms with Gasteiger partial charge in [-0.15, -0.1) is 0 Å². The van der Waals surface area contributed by atoms with E-state index in [1.165, 1.54) is 0 Å². The Bertz CT molecular complexity index is 628. The number of hydrogen-bond donors (Lipinski definition) is 1. The third kappa shape index (κ3) is 5.23. The molecule has 1 aliphatic heterocycles. The van der Waals surface area contributed by atoms with Crippen LogP contribution in [0.15, 0.2) is 0 Å². The van der Waals surface area contributed by atoms with Crippen molar-refractivity contribution in [2.24, 2.45) is 0 Å². The van der Waals surface area contributed by atoms with E-state index in [9.17, 15) is 29.1 Å². The zero-order valence-corrected chi connectivity index (χ0v) is 15.5. The van der Waals surface area contributed by atoms with Gasteiger partial charge in [0.05, 0.1) is 0 Å². The molecular formula is C16H22O11. The summed E-state index contributed by atoms with van der Waals surface area (Å²) < 4.78 is 25.3. The summed E-state index contributed by atoms with van der Waals surface area (Å²) in [5, 5.41) is 10.2. The lowest BCUT2D eigenvalue weighted by atomic mass is 9.80. The molecule has 5 atom stereocenters. The highest BCUT2D eigenvalue weighted by atomic mass is 16.7. The number of ether oxygens (including phenoxy) is 5. The van der Waals surface area contributed by atoms with Crippen molar-refractivity contribution in [3.8, 4) is 0 Å². The standard InChI is InChI=1S/C16H22O11/c1-7(17)16(27-11(5)21)12(6-23-8(2)18)26-15(22)13(24-9(3)19)14(16)25-10(4)20/h12-15,22H,6H2,1-5H3/t12-,13-,14-,15+,16+/m1/s1.